The lowest BCUT2D eigenvalue weighted by atomic mass is 10.3. The molecule has 0 aromatic heterocycles. The van der Waals surface area contributed by atoms with E-state index < -0.39 is 0 Å². The molecule has 0 saturated heterocycles. The van der Waals surface area contributed by atoms with Crippen molar-refractivity contribution in [3.05, 3.63) is 41.1 Å². The molecule has 6 heteroatoms. The third-order valence-electron chi connectivity index (χ3n) is 2.02. The van der Waals surface area contributed by atoms with Gasteiger partial charge < -0.3 is 5.32 Å². The fourth-order valence-corrected chi connectivity index (χ4v) is 2.01. The number of nitrogens with zero attached hydrogens (tertiary/aromatic N) is 2. The van der Waals surface area contributed by atoms with Crippen LogP contribution in [0.4, 0.5) is 5.69 Å². The van der Waals surface area contributed by atoms with Crippen molar-refractivity contribution >= 4 is 36.0 Å². The summed E-state index contributed by atoms with van der Waals surface area (Å²) in [5.41, 5.74) is 4.69. The van der Waals surface area contributed by atoms with Crippen LogP contribution in [0.2, 0.25) is 0 Å². The van der Waals surface area contributed by atoms with Crippen molar-refractivity contribution in [2.45, 2.75) is 0 Å². The zero-order valence-electron chi connectivity index (χ0n) is 8.68. The Kier molecular flexibility index (Phi) is 3.31. The van der Waals surface area contributed by atoms with Crippen LogP contribution in [0, 0.1) is 0 Å². The van der Waals surface area contributed by atoms with Gasteiger partial charge in [-0.25, -0.2) is 5.12 Å². The number of anilines is 1. The lowest BCUT2D eigenvalue weighted by Crippen LogP contribution is -2.35. The molecule has 4 nitrogen and oxygen atoms in total. The molecule has 1 aromatic carbocycles. The molecular weight excluding hydrogens is 240 g/mol. The Morgan fingerprint density at radius 1 is 1.25 bits per heavy atom. The Hall–Kier alpha value is -1.27. The highest BCUT2D eigenvalue weighted by atomic mass is 32.1. The third-order valence-corrected chi connectivity index (χ3v) is 2.65. The van der Waals surface area contributed by atoms with Gasteiger partial charge in [-0.3, -0.25) is 5.43 Å². The standard InChI is InChI=1S/C10H12N4S2/c1-14-12-9(15)8(10(16)13-14)11-7-5-3-2-4-6-7/h2-6,11-12,15H,1H3,(H,13,16). The average molecular weight is 252 g/mol. The molecule has 16 heavy (non-hydrogen) atoms. The van der Waals surface area contributed by atoms with E-state index in [9.17, 15) is 0 Å². The summed E-state index contributed by atoms with van der Waals surface area (Å²) in [5.74, 6) is 0. The molecule has 0 aliphatic carbocycles. The smallest absolute Gasteiger partial charge is 0.141 e. The number of hydrazone groups is 1. The largest absolute Gasteiger partial charge is 0.351 e. The van der Waals surface area contributed by atoms with Crippen molar-refractivity contribution in [1.82, 2.24) is 10.5 Å². The van der Waals surface area contributed by atoms with Crippen LogP contribution in [-0.2, 0) is 0 Å². The number of thiol groups is 2. The van der Waals surface area contributed by atoms with Crippen molar-refractivity contribution in [3.63, 3.8) is 0 Å². The molecule has 2 N–H and O–H groups in total. The maximum Gasteiger partial charge on any atom is 0.141 e. The molecule has 84 valence electrons. The predicted molar refractivity (Wildman–Crippen MR) is 73.4 cm³/mol. The molecule has 0 unspecified atom stereocenters. The molecule has 1 aromatic rings. The maximum atomic E-state index is 4.34. The molecular formula is C10H12N4S2. The first-order chi connectivity index (χ1) is 7.66. The molecule has 0 amide bonds. The summed E-state index contributed by atoms with van der Waals surface area (Å²) in [5, 5.41) is 10.2. The highest BCUT2D eigenvalue weighted by Crippen LogP contribution is 2.18. The van der Waals surface area contributed by atoms with Gasteiger partial charge >= 0.3 is 0 Å². The molecule has 0 atom stereocenters. The van der Waals surface area contributed by atoms with Gasteiger partial charge in [-0.2, -0.15) is 0 Å². The third kappa shape index (κ3) is 2.45. The van der Waals surface area contributed by atoms with Gasteiger partial charge in [-0.15, -0.1) is 30.4 Å². The van der Waals surface area contributed by atoms with Gasteiger partial charge in [0.2, 0.25) is 0 Å². The van der Waals surface area contributed by atoms with E-state index in [1.807, 2.05) is 30.3 Å². The summed E-state index contributed by atoms with van der Waals surface area (Å²) < 4.78 is 0. The topological polar surface area (TPSA) is 39.7 Å². The summed E-state index contributed by atoms with van der Waals surface area (Å²) in [6, 6.07) is 9.81. The van der Waals surface area contributed by atoms with Crippen molar-refractivity contribution in [2.75, 3.05) is 12.4 Å². The lowest BCUT2D eigenvalue weighted by Gasteiger charge is -2.24. The molecule has 1 heterocycles. The summed E-state index contributed by atoms with van der Waals surface area (Å²) in [6.07, 6.45) is 0. The quantitative estimate of drug-likeness (QED) is 0.608. The van der Waals surface area contributed by atoms with Crippen LogP contribution < -0.4 is 10.7 Å². The van der Waals surface area contributed by atoms with E-state index in [1.54, 1.807) is 12.2 Å². The summed E-state index contributed by atoms with van der Waals surface area (Å²) in [6.45, 7) is 0. The van der Waals surface area contributed by atoms with Gasteiger partial charge in [-0.05, 0) is 12.1 Å². The van der Waals surface area contributed by atoms with E-state index in [1.165, 1.54) is 0 Å². The van der Waals surface area contributed by atoms with Crippen LogP contribution in [0.3, 0.4) is 0 Å². The predicted octanol–water partition coefficient (Wildman–Crippen LogP) is 1.89. The molecule has 0 fully saturated rings. The van der Waals surface area contributed by atoms with Gasteiger partial charge in [0, 0.05) is 12.7 Å². The second kappa shape index (κ2) is 4.71. The molecule has 2 rings (SSSR count). The minimum Gasteiger partial charge on any atom is -0.351 e. The molecule has 0 radical (unpaired) electrons. The number of rotatable bonds is 2. The zero-order chi connectivity index (χ0) is 11.5. The first-order valence-corrected chi connectivity index (χ1v) is 5.60. The second-order valence-electron chi connectivity index (χ2n) is 3.27. The van der Waals surface area contributed by atoms with E-state index >= 15 is 0 Å². The average Bonchev–Trinajstić information content (AvgIpc) is 2.25. The number of para-hydroxylation sites is 1. The number of hydrogen-bond acceptors (Lipinski definition) is 5. The summed E-state index contributed by atoms with van der Waals surface area (Å²) >= 11 is 8.64. The van der Waals surface area contributed by atoms with Crippen LogP contribution in [0.25, 0.3) is 0 Å². The fourth-order valence-electron chi connectivity index (χ4n) is 1.31. The van der Waals surface area contributed by atoms with Gasteiger partial charge in [0.15, 0.2) is 0 Å². The molecule has 0 spiro atoms. The molecule has 0 bridgehead atoms. The Bertz CT molecular complexity index is 441. The minimum atomic E-state index is 0.593. The molecule has 0 saturated carbocycles. The fraction of sp³-hybridized carbons (Fsp3) is 0.100. The van der Waals surface area contributed by atoms with Crippen LogP contribution >= 0.6 is 25.3 Å². The molecule has 1 aliphatic rings. The van der Waals surface area contributed by atoms with E-state index in [4.69, 9.17) is 0 Å². The normalized spacial score (nSPS) is 15.7. The van der Waals surface area contributed by atoms with E-state index in [0.29, 0.717) is 10.1 Å². The number of nitrogens with one attached hydrogen (secondary N) is 2. The Morgan fingerprint density at radius 2 is 1.94 bits per heavy atom. The number of hydrogen-bond donors (Lipinski definition) is 4. The number of hydrazine groups is 1. The number of benzene rings is 1. The highest BCUT2D eigenvalue weighted by Gasteiger charge is 2.15. The highest BCUT2D eigenvalue weighted by molar-refractivity contribution is 7.97. The van der Waals surface area contributed by atoms with Crippen molar-refractivity contribution in [3.8, 4) is 0 Å². The SMILES string of the molecule is CN1N=C(S)C(Nc2ccccc2)=C(S)N1. The monoisotopic (exact) mass is 252 g/mol. The Labute approximate surface area is 105 Å². The lowest BCUT2D eigenvalue weighted by molar-refractivity contribution is 0.285. The van der Waals surface area contributed by atoms with E-state index in [-0.39, 0.29) is 0 Å². The Balaban J connectivity index is 2.22. The summed E-state index contributed by atoms with van der Waals surface area (Å²) in [4.78, 5) is 0. The van der Waals surface area contributed by atoms with E-state index in [0.717, 1.165) is 11.4 Å². The van der Waals surface area contributed by atoms with Crippen molar-refractivity contribution < 1.29 is 0 Å². The van der Waals surface area contributed by atoms with Crippen LogP contribution in [0.15, 0.2) is 46.2 Å². The van der Waals surface area contributed by atoms with Crippen molar-refractivity contribution in [1.29, 1.82) is 0 Å². The van der Waals surface area contributed by atoms with Gasteiger partial charge in [0.05, 0.1) is 0 Å². The van der Waals surface area contributed by atoms with E-state index in [2.05, 4.69) is 41.1 Å². The zero-order valence-corrected chi connectivity index (χ0v) is 10.5. The summed E-state index contributed by atoms with van der Waals surface area (Å²) in [7, 11) is 1.78. The first kappa shape index (κ1) is 11.2. The molecule has 1 aliphatic heterocycles. The first-order valence-electron chi connectivity index (χ1n) is 4.70. The van der Waals surface area contributed by atoms with Crippen LogP contribution in [-0.4, -0.2) is 17.2 Å². The minimum absolute atomic E-state index is 0.593. The van der Waals surface area contributed by atoms with Crippen LogP contribution in [0.1, 0.15) is 0 Å². The van der Waals surface area contributed by atoms with Crippen LogP contribution in [0.5, 0.6) is 0 Å². The van der Waals surface area contributed by atoms with Gasteiger partial charge in [0.1, 0.15) is 15.8 Å². The second-order valence-corrected chi connectivity index (χ2v) is 4.14. The Morgan fingerprint density at radius 3 is 2.56 bits per heavy atom. The van der Waals surface area contributed by atoms with Crippen molar-refractivity contribution in [2.24, 2.45) is 5.10 Å². The van der Waals surface area contributed by atoms with Gasteiger partial charge in [-0.1, -0.05) is 18.2 Å². The van der Waals surface area contributed by atoms with Gasteiger partial charge in [0.25, 0.3) is 0 Å². The maximum absolute atomic E-state index is 4.34.